The summed E-state index contributed by atoms with van der Waals surface area (Å²) in [6.07, 6.45) is 0.486. The van der Waals surface area contributed by atoms with Gasteiger partial charge >= 0.3 is 0 Å². The number of benzene rings is 2. The van der Waals surface area contributed by atoms with Gasteiger partial charge in [-0.15, -0.1) is 0 Å². The molecule has 0 atom stereocenters. The third-order valence-electron chi connectivity index (χ3n) is 4.65. The molecule has 2 aromatic carbocycles. The van der Waals surface area contributed by atoms with Gasteiger partial charge in [0.05, 0.1) is 0 Å². The summed E-state index contributed by atoms with van der Waals surface area (Å²) in [6.45, 7) is 5.41. The molecule has 0 spiro atoms. The maximum Gasteiger partial charge on any atom is 0.224 e. The fourth-order valence-corrected chi connectivity index (χ4v) is 3.10. The van der Waals surface area contributed by atoms with E-state index in [-0.39, 0.29) is 11.7 Å². The van der Waals surface area contributed by atoms with E-state index in [0.717, 1.165) is 6.54 Å². The second-order valence-electron chi connectivity index (χ2n) is 6.36. The highest BCUT2D eigenvalue weighted by atomic mass is 19.1. The fourth-order valence-electron chi connectivity index (χ4n) is 3.10. The molecule has 24 heavy (non-hydrogen) atoms. The molecule has 0 N–H and O–H groups in total. The van der Waals surface area contributed by atoms with E-state index in [4.69, 9.17) is 0 Å². The molecule has 1 saturated heterocycles. The van der Waals surface area contributed by atoms with Crippen LogP contribution in [0, 0.1) is 12.7 Å². The zero-order chi connectivity index (χ0) is 16.9. The minimum atomic E-state index is -0.176. The van der Waals surface area contributed by atoms with Crippen molar-refractivity contribution in [2.75, 3.05) is 19.6 Å². The van der Waals surface area contributed by atoms with E-state index in [9.17, 15) is 9.18 Å². The summed E-state index contributed by atoms with van der Waals surface area (Å²) < 4.78 is 13.8. The van der Waals surface area contributed by atoms with Crippen LogP contribution in [0.1, 0.15) is 23.1 Å². The Balaban J connectivity index is 1.64. The fraction of sp³-hybridized carbons (Fsp3) is 0.350. The summed E-state index contributed by atoms with van der Waals surface area (Å²) in [6, 6.07) is 15.0. The van der Waals surface area contributed by atoms with Crippen LogP contribution in [0.25, 0.3) is 0 Å². The van der Waals surface area contributed by atoms with E-state index >= 15 is 0 Å². The Hall–Kier alpha value is -2.20. The normalized spacial score (nSPS) is 16.2. The van der Waals surface area contributed by atoms with Gasteiger partial charge in [0.1, 0.15) is 5.82 Å². The predicted molar refractivity (Wildman–Crippen MR) is 92.9 cm³/mol. The number of carbonyl (C=O) groups excluding carboxylic acids is 1. The molecule has 0 aliphatic carbocycles. The van der Waals surface area contributed by atoms with Gasteiger partial charge in [0, 0.05) is 44.7 Å². The van der Waals surface area contributed by atoms with Crippen molar-refractivity contribution < 1.29 is 9.18 Å². The number of halogens is 1. The van der Waals surface area contributed by atoms with Crippen molar-refractivity contribution in [2.45, 2.75) is 26.4 Å². The average Bonchev–Trinajstić information content (AvgIpc) is 2.75. The van der Waals surface area contributed by atoms with E-state index in [1.54, 1.807) is 6.07 Å². The van der Waals surface area contributed by atoms with E-state index in [0.29, 0.717) is 38.2 Å². The van der Waals surface area contributed by atoms with E-state index < -0.39 is 0 Å². The van der Waals surface area contributed by atoms with E-state index in [1.807, 2.05) is 29.2 Å². The first-order valence-electron chi connectivity index (χ1n) is 8.41. The molecule has 1 heterocycles. The Morgan fingerprint density at radius 2 is 1.62 bits per heavy atom. The zero-order valence-corrected chi connectivity index (χ0v) is 14.0. The highest BCUT2D eigenvalue weighted by Gasteiger charge is 2.21. The second-order valence-corrected chi connectivity index (χ2v) is 6.36. The summed E-state index contributed by atoms with van der Waals surface area (Å²) in [7, 11) is 0. The highest BCUT2D eigenvalue weighted by Crippen LogP contribution is 2.16. The molecule has 2 aromatic rings. The molecule has 0 saturated carbocycles. The number of nitrogens with zero attached hydrogens (tertiary/aromatic N) is 2. The summed E-state index contributed by atoms with van der Waals surface area (Å²) in [5, 5.41) is 0. The van der Waals surface area contributed by atoms with Crippen molar-refractivity contribution in [2.24, 2.45) is 0 Å². The molecule has 3 nitrogen and oxygen atoms in total. The number of carbonyl (C=O) groups is 1. The standard InChI is InChI=1S/C20H23FN2O/c1-16-6-2-3-7-17(16)15-23-13-12-22(11-10-20(23)24)14-18-8-4-5-9-19(18)21/h2-9H,10-15H2,1H3. The lowest BCUT2D eigenvalue weighted by molar-refractivity contribution is -0.130. The first-order valence-corrected chi connectivity index (χ1v) is 8.41. The molecule has 0 aromatic heterocycles. The Labute approximate surface area is 142 Å². The Morgan fingerprint density at radius 3 is 2.38 bits per heavy atom. The van der Waals surface area contributed by atoms with Crippen LogP contribution in [-0.2, 0) is 17.9 Å². The largest absolute Gasteiger partial charge is 0.337 e. The van der Waals surface area contributed by atoms with Crippen molar-refractivity contribution >= 4 is 5.91 Å². The van der Waals surface area contributed by atoms with Crippen LogP contribution in [0.2, 0.25) is 0 Å². The highest BCUT2D eigenvalue weighted by molar-refractivity contribution is 5.76. The van der Waals surface area contributed by atoms with Crippen LogP contribution in [0.5, 0.6) is 0 Å². The van der Waals surface area contributed by atoms with Gasteiger partial charge < -0.3 is 4.90 Å². The van der Waals surface area contributed by atoms with E-state index in [1.165, 1.54) is 17.2 Å². The maximum absolute atomic E-state index is 13.8. The maximum atomic E-state index is 13.8. The van der Waals surface area contributed by atoms with Gasteiger partial charge in [-0.1, -0.05) is 42.5 Å². The van der Waals surface area contributed by atoms with Crippen LogP contribution in [0.3, 0.4) is 0 Å². The van der Waals surface area contributed by atoms with Crippen molar-refractivity contribution in [3.8, 4) is 0 Å². The average molecular weight is 326 g/mol. The lowest BCUT2D eigenvalue weighted by Crippen LogP contribution is -2.33. The molecule has 3 rings (SSSR count). The number of rotatable bonds is 4. The third-order valence-corrected chi connectivity index (χ3v) is 4.65. The number of hydrogen-bond donors (Lipinski definition) is 0. The van der Waals surface area contributed by atoms with Gasteiger partial charge in [-0.2, -0.15) is 0 Å². The topological polar surface area (TPSA) is 23.6 Å². The number of aryl methyl sites for hydroxylation is 1. The van der Waals surface area contributed by atoms with Crippen molar-refractivity contribution in [3.63, 3.8) is 0 Å². The molecule has 1 amide bonds. The predicted octanol–water partition coefficient (Wildman–Crippen LogP) is 3.37. The van der Waals surface area contributed by atoms with Crippen LogP contribution >= 0.6 is 0 Å². The lowest BCUT2D eigenvalue weighted by atomic mass is 10.1. The second kappa shape index (κ2) is 7.58. The molecule has 0 radical (unpaired) electrons. The molecular weight excluding hydrogens is 303 g/mol. The summed E-state index contributed by atoms with van der Waals surface area (Å²) >= 11 is 0. The molecule has 1 aliphatic rings. The van der Waals surface area contributed by atoms with E-state index in [2.05, 4.69) is 24.0 Å². The van der Waals surface area contributed by atoms with Gasteiger partial charge in [0.2, 0.25) is 5.91 Å². The quantitative estimate of drug-likeness (QED) is 0.860. The van der Waals surface area contributed by atoms with Gasteiger partial charge in [0.25, 0.3) is 0 Å². The van der Waals surface area contributed by atoms with Crippen LogP contribution in [0.15, 0.2) is 48.5 Å². The van der Waals surface area contributed by atoms with Gasteiger partial charge in [0.15, 0.2) is 0 Å². The van der Waals surface area contributed by atoms with Crippen molar-refractivity contribution in [3.05, 3.63) is 71.0 Å². The molecule has 4 heteroatoms. The van der Waals surface area contributed by atoms with Crippen LogP contribution in [-0.4, -0.2) is 35.3 Å². The summed E-state index contributed by atoms with van der Waals surface area (Å²) in [4.78, 5) is 16.5. The Morgan fingerprint density at radius 1 is 0.917 bits per heavy atom. The van der Waals surface area contributed by atoms with Crippen molar-refractivity contribution in [1.82, 2.24) is 9.80 Å². The summed E-state index contributed by atoms with van der Waals surface area (Å²) in [5.41, 5.74) is 3.09. The smallest absolute Gasteiger partial charge is 0.224 e. The van der Waals surface area contributed by atoms with Gasteiger partial charge in [-0.3, -0.25) is 9.69 Å². The first kappa shape index (κ1) is 16.7. The monoisotopic (exact) mass is 326 g/mol. The minimum absolute atomic E-state index is 0.175. The number of amides is 1. The SMILES string of the molecule is Cc1ccccc1CN1CCN(Cc2ccccc2F)CCC1=O. The van der Waals surface area contributed by atoms with Gasteiger partial charge in [-0.05, 0) is 24.1 Å². The third kappa shape index (κ3) is 4.01. The molecule has 1 aliphatic heterocycles. The molecule has 0 unspecified atom stereocenters. The van der Waals surface area contributed by atoms with Gasteiger partial charge in [-0.25, -0.2) is 4.39 Å². The number of hydrogen-bond acceptors (Lipinski definition) is 2. The van der Waals surface area contributed by atoms with Crippen molar-refractivity contribution in [1.29, 1.82) is 0 Å². The molecule has 0 bridgehead atoms. The van der Waals surface area contributed by atoms with Crippen LogP contribution < -0.4 is 0 Å². The summed E-state index contributed by atoms with van der Waals surface area (Å²) in [5.74, 6) is -0.000809. The molecule has 126 valence electrons. The molecule has 1 fully saturated rings. The van der Waals surface area contributed by atoms with Crippen LogP contribution in [0.4, 0.5) is 4.39 Å². The lowest BCUT2D eigenvalue weighted by Gasteiger charge is -2.23. The first-order chi connectivity index (χ1) is 11.6. The molecular formula is C20H23FN2O. The zero-order valence-electron chi connectivity index (χ0n) is 14.0. The Bertz CT molecular complexity index is 716. The minimum Gasteiger partial charge on any atom is -0.337 e. The Kier molecular flexibility index (Phi) is 5.26.